The van der Waals surface area contributed by atoms with Crippen LogP contribution in [0.1, 0.15) is 32.6 Å². The lowest BCUT2D eigenvalue weighted by molar-refractivity contribution is -0.137. The molecule has 11 heteroatoms. The summed E-state index contributed by atoms with van der Waals surface area (Å²) in [6.45, 7) is 3.60. The van der Waals surface area contributed by atoms with Crippen molar-refractivity contribution in [3.8, 4) is 16.9 Å². The van der Waals surface area contributed by atoms with E-state index in [2.05, 4.69) is 10.5 Å². The highest BCUT2D eigenvalue weighted by Crippen LogP contribution is 2.42. The minimum absolute atomic E-state index is 0.00574. The van der Waals surface area contributed by atoms with E-state index in [1.807, 2.05) is 6.92 Å². The highest BCUT2D eigenvalue weighted by atomic mass is 19.4. The van der Waals surface area contributed by atoms with Gasteiger partial charge in [-0.2, -0.15) is 18.3 Å². The molecule has 3 N–H and O–H groups in total. The molecule has 0 bridgehead atoms. The number of aromatic carboxylic acids is 1. The van der Waals surface area contributed by atoms with Crippen LogP contribution in [-0.4, -0.2) is 27.8 Å². The highest BCUT2D eigenvalue weighted by molar-refractivity contribution is 6.55. The standard InChI is InChI=1S/C30H21F4N3O4/c1-15-9-10-20(11-16(15)2)37-24-14-19(30(32,33)34)13-22(31)25(24)26(28(37)39)36-35-23-8-4-7-21(27(23)38)17-5-3-6-18(12-17)29(40)41/h3-14,35,38H,1-2H3,(H,40,41)/b36-26-. The molecule has 7 nitrogen and oxygen atoms in total. The smallest absolute Gasteiger partial charge is 0.416 e. The molecule has 0 spiro atoms. The first-order valence-electron chi connectivity index (χ1n) is 12.2. The second-order valence-electron chi connectivity index (χ2n) is 9.42. The molecule has 5 rings (SSSR count). The average molecular weight is 564 g/mol. The van der Waals surface area contributed by atoms with Gasteiger partial charge in [0.05, 0.1) is 28.1 Å². The molecule has 208 valence electrons. The fourth-order valence-electron chi connectivity index (χ4n) is 4.52. The topological polar surface area (TPSA) is 102 Å². The number of carboxylic acid groups (broad SMARTS) is 1. The van der Waals surface area contributed by atoms with E-state index in [9.17, 15) is 33.0 Å². The molecule has 0 saturated heterocycles. The number of hydrazone groups is 1. The van der Waals surface area contributed by atoms with Gasteiger partial charge in [0.25, 0.3) is 5.91 Å². The molecule has 4 aromatic carbocycles. The van der Waals surface area contributed by atoms with Crippen molar-refractivity contribution in [3.63, 3.8) is 0 Å². The lowest BCUT2D eigenvalue weighted by Gasteiger charge is -2.19. The van der Waals surface area contributed by atoms with Gasteiger partial charge in [-0.3, -0.25) is 15.1 Å². The number of nitrogens with zero attached hydrogens (tertiary/aromatic N) is 2. The van der Waals surface area contributed by atoms with Gasteiger partial charge in [-0.1, -0.05) is 30.3 Å². The number of phenolic OH excluding ortho intramolecular Hbond substituents is 1. The molecule has 0 radical (unpaired) electrons. The summed E-state index contributed by atoms with van der Waals surface area (Å²) in [5, 5.41) is 24.2. The van der Waals surface area contributed by atoms with E-state index in [0.717, 1.165) is 16.0 Å². The van der Waals surface area contributed by atoms with Crippen molar-refractivity contribution in [1.82, 2.24) is 0 Å². The fourth-order valence-corrected chi connectivity index (χ4v) is 4.52. The molecule has 41 heavy (non-hydrogen) atoms. The number of fused-ring (bicyclic) bond motifs is 1. The number of hydrogen-bond acceptors (Lipinski definition) is 5. The number of halogens is 4. The minimum atomic E-state index is -4.86. The Bertz CT molecular complexity index is 1770. The van der Waals surface area contributed by atoms with Gasteiger partial charge in [0.15, 0.2) is 5.71 Å². The van der Waals surface area contributed by atoms with E-state index in [-0.39, 0.29) is 33.9 Å². The number of anilines is 3. The van der Waals surface area contributed by atoms with Gasteiger partial charge in [0.1, 0.15) is 11.6 Å². The monoisotopic (exact) mass is 563 g/mol. The van der Waals surface area contributed by atoms with Crippen LogP contribution in [0.4, 0.5) is 34.6 Å². The van der Waals surface area contributed by atoms with Gasteiger partial charge in [-0.15, -0.1) is 0 Å². The molecule has 1 aliphatic rings. The third-order valence-electron chi connectivity index (χ3n) is 6.77. The third kappa shape index (κ3) is 4.97. The first kappa shape index (κ1) is 27.4. The third-order valence-corrected chi connectivity index (χ3v) is 6.77. The summed E-state index contributed by atoms with van der Waals surface area (Å²) in [6, 6.07) is 16.2. The summed E-state index contributed by atoms with van der Waals surface area (Å²) < 4.78 is 55.9. The first-order valence-corrected chi connectivity index (χ1v) is 12.2. The van der Waals surface area contributed by atoms with E-state index in [4.69, 9.17) is 0 Å². The molecule has 0 atom stereocenters. The number of para-hydroxylation sites is 1. The second kappa shape index (κ2) is 10.1. The number of carbonyl (C=O) groups is 2. The van der Waals surface area contributed by atoms with Crippen molar-refractivity contribution in [1.29, 1.82) is 0 Å². The summed E-state index contributed by atoms with van der Waals surface area (Å²) in [4.78, 5) is 25.9. The molecule has 1 heterocycles. The van der Waals surface area contributed by atoms with Crippen LogP contribution in [0, 0.1) is 19.7 Å². The lowest BCUT2D eigenvalue weighted by atomic mass is 10.0. The van der Waals surface area contributed by atoms with Crippen molar-refractivity contribution in [2.45, 2.75) is 20.0 Å². The molecular formula is C30H21F4N3O4. The number of carboxylic acids is 1. The molecule has 1 aliphatic heterocycles. The summed E-state index contributed by atoms with van der Waals surface area (Å²) in [6.07, 6.45) is -4.86. The Kier molecular flexibility index (Phi) is 6.74. The predicted molar refractivity (Wildman–Crippen MR) is 145 cm³/mol. The van der Waals surface area contributed by atoms with Gasteiger partial charge < -0.3 is 10.2 Å². The van der Waals surface area contributed by atoms with Crippen molar-refractivity contribution < 1.29 is 37.4 Å². The number of amides is 1. The quantitative estimate of drug-likeness (QED) is 0.138. The van der Waals surface area contributed by atoms with E-state index in [1.54, 1.807) is 31.2 Å². The van der Waals surface area contributed by atoms with Crippen LogP contribution in [0.25, 0.3) is 11.1 Å². The number of phenols is 1. The predicted octanol–water partition coefficient (Wildman–Crippen LogP) is 7.03. The number of benzene rings is 4. The van der Waals surface area contributed by atoms with Gasteiger partial charge in [-0.25, -0.2) is 9.18 Å². The maximum atomic E-state index is 15.2. The number of nitrogens with one attached hydrogen (secondary N) is 1. The minimum Gasteiger partial charge on any atom is -0.505 e. The zero-order valence-electron chi connectivity index (χ0n) is 21.5. The van der Waals surface area contributed by atoms with E-state index in [1.165, 1.54) is 36.4 Å². The Morgan fingerprint density at radius 1 is 0.951 bits per heavy atom. The maximum Gasteiger partial charge on any atom is 0.416 e. The number of rotatable bonds is 5. The van der Waals surface area contributed by atoms with Crippen LogP contribution in [0.2, 0.25) is 0 Å². The largest absolute Gasteiger partial charge is 0.505 e. The molecule has 0 aromatic heterocycles. The van der Waals surface area contributed by atoms with Gasteiger partial charge in [0, 0.05) is 11.3 Å². The van der Waals surface area contributed by atoms with Crippen LogP contribution in [0.5, 0.6) is 5.75 Å². The average Bonchev–Trinajstić information content (AvgIpc) is 3.20. The number of carbonyl (C=O) groups excluding carboxylic acids is 1. The Morgan fingerprint density at radius 3 is 2.37 bits per heavy atom. The Morgan fingerprint density at radius 2 is 1.68 bits per heavy atom. The van der Waals surface area contributed by atoms with Crippen LogP contribution in [-0.2, 0) is 11.0 Å². The maximum absolute atomic E-state index is 15.2. The molecule has 1 amide bonds. The molecule has 0 saturated carbocycles. The van der Waals surface area contributed by atoms with Gasteiger partial charge in [0.2, 0.25) is 0 Å². The first-order chi connectivity index (χ1) is 19.4. The van der Waals surface area contributed by atoms with Gasteiger partial charge in [-0.05, 0) is 73.0 Å². The lowest BCUT2D eigenvalue weighted by Crippen LogP contribution is -2.26. The molecule has 0 fully saturated rings. The number of hydrogen-bond donors (Lipinski definition) is 3. The van der Waals surface area contributed by atoms with Crippen LogP contribution in [0.15, 0.2) is 77.9 Å². The summed E-state index contributed by atoms with van der Waals surface area (Å²) in [5.41, 5.74) is 2.49. The zero-order chi connectivity index (χ0) is 29.6. The summed E-state index contributed by atoms with van der Waals surface area (Å²) in [5.74, 6) is -3.67. The molecular weight excluding hydrogens is 542 g/mol. The van der Waals surface area contributed by atoms with Crippen LogP contribution < -0.4 is 10.3 Å². The highest BCUT2D eigenvalue weighted by Gasteiger charge is 2.41. The fraction of sp³-hybridized carbons (Fsp3) is 0.100. The van der Waals surface area contributed by atoms with Crippen molar-refractivity contribution >= 4 is 34.7 Å². The number of aryl methyl sites for hydroxylation is 2. The van der Waals surface area contributed by atoms with Crippen molar-refractivity contribution in [3.05, 3.63) is 106 Å². The SMILES string of the molecule is Cc1ccc(N2C(=O)/C(=N\Nc3cccc(-c4cccc(C(=O)O)c4)c3O)c3c(F)cc(C(F)(F)F)cc32)cc1C. The number of alkyl halides is 3. The van der Waals surface area contributed by atoms with Crippen LogP contribution >= 0.6 is 0 Å². The van der Waals surface area contributed by atoms with Gasteiger partial charge >= 0.3 is 12.1 Å². The van der Waals surface area contributed by atoms with E-state index in [0.29, 0.717) is 17.7 Å². The summed E-state index contributed by atoms with van der Waals surface area (Å²) in [7, 11) is 0. The zero-order valence-corrected chi connectivity index (χ0v) is 21.5. The summed E-state index contributed by atoms with van der Waals surface area (Å²) >= 11 is 0. The molecule has 4 aromatic rings. The van der Waals surface area contributed by atoms with Crippen LogP contribution in [0.3, 0.4) is 0 Å². The number of aromatic hydroxyl groups is 1. The Balaban J connectivity index is 1.60. The Labute approximate surface area is 231 Å². The van der Waals surface area contributed by atoms with Crippen molar-refractivity contribution in [2.75, 3.05) is 10.3 Å². The Hall–Kier alpha value is -5.19. The molecule has 0 aliphatic carbocycles. The second-order valence-corrected chi connectivity index (χ2v) is 9.42. The van der Waals surface area contributed by atoms with E-state index >= 15 is 4.39 Å². The van der Waals surface area contributed by atoms with E-state index < -0.39 is 40.7 Å². The molecule has 0 unspecified atom stereocenters. The van der Waals surface area contributed by atoms with Crippen molar-refractivity contribution in [2.24, 2.45) is 5.10 Å². The normalized spacial score (nSPS) is 14.0.